The van der Waals surface area contributed by atoms with Crippen molar-refractivity contribution >= 4 is 27.6 Å². The number of halogens is 1. The van der Waals surface area contributed by atoms with E-state index in [1.54, 1.807) is 0 Å². The van der Waals surface area contributed by atoms with Crippen molar-refractivity contribution in [1.29, 1.82) is 0 Å². The van der Waals surface area contributed by atoms with Crippen molar-refractivity contribution in [3.05, 3.63) is 34.3 Å². The molecule has 0 spiro atoms. The fraction of sp³-hybridized carbons (Fsp3) is 0.467. The first-order chi connectivity index (χ1) is 9.33. The van der Waals surface area contributed by atoms with Crippen LogP contribution in [0, 0.1) is 5.41 Å². The van der Waals surface area contributed by atoms with Gasteiger partial charge in [0.25, 0.3) is 0 Å². The highest BCUT2D eigenvalue weighted by atomic mass is 79.9. The molecule has 1 aromatic rings. The second-order valence-corrected chi connectivity index (χ2v) is 6.61. The van der Waals surface area contributed by atoms with Crippen LogP contribution in [-0.2, 0) is 4.79 Å². The standard InChI is InChI=1S/C15H19BrN2O2/c1-10(13(19)11-3-5-12(16)6-4-11)18-8-7-15(2,9-18)14(17)20/h3-6,10H,7-9H2,1-2H3,(H2,17,20). The first-order valence-corrected chi connectivity index (χ1v) is 7.46. The van der Waals surface area contributed by atoms with Crippen molar-refractivity contribution in [3.8, 4) is 0 Å². The second-order valence-electron chi connectivity index (χ2n) is 5.69. The lowest BCUT2D eigenvalue weighted by molar-refractivity contribution is -0.126. The molecule has 20 heavy (non-hydrogen) atoms. The van der Waals surface area contributed by atoms with Crippen molar-refractivity contribution in [1.82, 2.24) is 4.90 Å². The minimum absolute atomic E-state index is 0.0752. The molecule has 0 radical (unpaired) electrons. The topological polar surface area (TPSA) is 63.4 Å². The maximum atomic E-state index is 12.5. The lowest BCUT2D eigenvalue weighted by atomic mass is 9.89. The number of primary amides is 1. The van der Waals surface area contributed by atoms with E-state index in [-0.39, 0.29) is 17.7 Å². The first kappa shape index (κ1) is 15.2. The summed E-state index contributed by atoms with van der Waals surface area (Å²) < 4.78 is 0.948. The van der Waals surface area contributed by atoms with E-state index in [1.165, 1.54) is 0 Å². The predicted octanol–water partition coefficient (Wildman–Crippen LogP) is 2.22. The number of hydrogen-bond acceptors (Lipinski definition) is 3. The van der Waals surface area contributed by atoms with Gasteiger partial charge in [0, 0.05) is 16.6 Å². The van der Waals surface area contributed by atoms with Gasteiger partial charge in [-0.25, -0.2) is 0 Å². The molecular formula is C15H19BrN2O2. The predicted molar refractivity (Wildman–Crippen MR) is 81.4 cm³/mol. The van der Waals surface area contributed by atoms with Gasteiger partial charge in [0.2, 0.25) is 5.91 Å². The molecule has 2 N–H and O–H groups in total. The van der Waals surface area contributed by atoms with E-state index in [0.717, 1.165) is 11.0 Å². The Labute approximate surface area is 127 Å². The Bertz CT molecular complexity index is 529. The van der Waals surface area contributed by atoms with Crippen molar-refractivity contribution < 1.29 is 9.59 Å². The quantitative estimate of drug-likeness (QED) is 0.856. The van der Waals surface area contributed by atoms with Gasteiger partial charge in [0.1, 0.15) is 0 Å². The number of nitrogens with zero attached hydrogens (tertiary/aromatic N) is 1. The van der Waals surface area contributed by atoms with Gasteiger partial charge in [-0.1, -0.05) is 28.1 Å². The van der Waals surface area contributed by atoms with Gasteiger partial charge in [-0.2, -0.15) is 0 Å². The minimum Gasteiger partial charge on any atom is -0.369 e. The molecule has 2 atom stereocenters. The van der Waals surface area contributed by atoms with Crippen molar-refractivity contribution in [2.45, 2.75) is 26.3 Å². The van der Waals surface area contributed by atoms with Crippen LogP contribution >= 0.6 is 15.9 Å². The monoisotopic (exact) mass is 338 g/mol. The van der Waals surface area contributed by atoms with Crippen LogP contribution < -0.4 is 5.73 Å². The Hall–Kier alpha value is -1.20. The second kappa shape index (κ2) is 5.66. The first-order valence-electron chi connectivity index (χ1n) is 6.67. The molecule has 1 fully saturated rings. The Morgan fingerprint density at radius 3 is 2.45 bits per heavy atom. The molecule has 1 aromatic carbocycles. The molecule has 0 aliphatic carbocycles. The number of hydrogen-bond donors (Lipinski definition) is 1. The molecule has 4 nitrogen and oxygen atoms in total. The van der Waals surface area contributed by atoms with E-state index in [9.17, 15) is 9.59 Å². The van der Waals surface area contributed by atoms with Gasteiger partial charge in [0.05, 0.1) is 11.5 Å². The highest BCUT2D eigenvalue weighted by Gasteiger charge is 2.41. The lowest BCUT2D eigenvalue weighted by Crippen LogP contribution is -2.42. The average molecular weight is 339 g/mol. The Kier molecular flexibility index (Phi) is 4.30. The van der Waals surface area contributed by atoms with Gasteiger partial charge in [-0.15, -0.1) is 0 Å². The van der Waals surface area contributed by atoms with Crippen LogP contribution in [0.25, 0.3) is 0 Å². The Balaban J connectivity index is 2.09. The molecule has 0 saturated carbocycles. The number of carbonyl (C=O) groups is 2. The smallest absolute Gasteiger partial charge is 0.224 e. The Morgan fingerprint density at radius 2 is 1.95 bits per heavy atom. The van der Waals surface area contributed by atoms with Crippen LogP contribution in [0.4, 0.5) is 0 Å². The lowest BCUT2D eigenvalue weighted by Gasteiger charge is -2.25. The fourth-order valence-electron chi connectivity index (χ4n) is 2.55. The van der Waals surface area contributed by atoms with E-state index >= 15 is 0 Å². The molecule has 2 rings (SSSR count). The van der Waals surface area contributed by atoms with Gasteiger partial charge < -0.3 is 5.73 Å². The molecule has 1 aliphatic rings. The number of ketones is 1. The number of benzene rings is 1. The molecule has 108 valence electrons. The number of carbonyl (C=O) groups excluding carboxylic acids is 2. The van der Waals surface area contributed by atoms with Crippen LogP contribution in [0.2, 0.25) is 0 Å². The van der Waals surface area contributed by atoms with Gasteiger partial charge in [-0.05, 0) is 38.9 Å². The zero-order valence-corrected chi connectivity index (χ0v) is 13.3. The summed E-state index contributed by atoms with van der Waals surface area (Å²) in [5.41, 5.74) is 5.61. The van der Waals surface area contributed by atoms with Crippen molar-refractivity contribution in [2.24, 2.45) is 11.1 Å². The summed E-state index contributed by atoms with van der Waals surface area (Å²) >= 11 is 3.36. The molecule has 1 saturated heterocycles. The number of likely N-dealkylation sites (tertiary alicyclic amines) is 1. The molecule has 0 aromatic heterocycles. The molecule has 1 heterocycles. The normalized spacial score (nSPS) is 24.6. The van der Waals surface area contributed by atoms with E-state index in [1.807, 2.05) is 43.0 Å². The third kappa shape index (κ3) is 2.94. The summed E-state index contributed by atoms with van der Waals surface area (Å²) in [4.78, 5) is 26.0. The molecule has 1 aliphatic heterocycles. The van der Waals surface area contributed by atoms with Crippen molar-refractivity contribution in [2.75, 3.05) is 13.1 Å². The Morgan fingerprint density at radius 1 is 1.35 bits per heavy atom. The number of amides is 1. The summed E-state index contributed by atoms with van der Waals surface area (Å²) in [6.07, 6.45) is 0.709. The summed E-state index contributed by atoms with van der Waals surface area (Å²) in [7, 11) is 0. The highest BCUT2D eigenvalue weighted by Crippen LogP contribution is 2.31. The number of rotatable bonds is 4. The maximum Gasteiger partial charge on any atom is 0.224 e. The van der Waals surface area contributed by atoms with Crippen LogP contribution in [0.15, 0.2) is 28.7 Å². The van der Waals surface area contributed by atoms with Crippen LogP contribution in [-0.4, -0.2) is 35.7 Å². The fourth-order valence-corrected chi connectivity index (χ4v) is 2.81. The third-order valence-electron chi connectivity index (χ3n) is 4.15. The third-order valence-corrected chi connectivity index (χ3v) is 4.68. The summed E-state index contributed by atoms with van der Waals surface area (Å²) in [6, 6.07) is 7.10. The maximum absolute atomic E-state index is 12.5. The number of Topliss-reactive ketones (excluding diaryl/α,β-unsaturated/α-hetero) is 1. The molecule has 0 bridgehead atoms. The molecule has 5 heteroatoms. The summed E-state index contributed by atoms with van der Waals surface area (Å²) in [5, 5.41) is 0. The molecule has 1 amide bonds. The van der Waals surface area contributed by atoms with Gasteiger partial charge in [-0.3, -0.25) is 14.5 Å². The number of nitrogens with two attached hydrogens (primary N) is 1. The molecular weight excluding hydrogens is 320 g/mol. The zero-order valence-electron chi connectivity index (χ0n) is 11.7. The van der Waals surface area contributed by atoms with Crippen LogP contribution in [0.5, 0.6) is 0 Å². The average Bonchev–Trinajstić information content (AvgIpc) is 2.82. The van der Waals surface area contributed by atoms with E-state index < -0.39 is 5.41 Å². The summed E-state index contributed by atoms with van der Waals surface area (Å²) in [6.45, 7) is 5.03. The largest absolute Gasteiger partial charge is 0.369 e. The van der Waals surface area contributed by atoms with E-state index in [2.05, 4.69) is 15.9 Å². The SMILES string of the molecule is CC(C(=O)c1ccc(Br)cc1)N1CCC(C)(C(N)=O)C1. The van der Waals surface area contributed by atoms with Gasteiger partial charge in [0.15, 0.2) is 5.78 Å². The van der Waals surface area contributed by atoms with Crippen LogP contribution in [0.1, 0.15) is 30.6 Å². The minimum atomic E-state index is -0.520. The van der Waals surface area contributed by atoms with Crippen molar-refractivity contribution in [3.63, 3.8) is 0 Å². The van der Waals surface area contributed by atoms with E-state index in [0.29, 0.717) is 18.5 Å². The highest BCUT2D eigenvalue weighted by molar-refractivity contribution is 9.10. The van der Waals surface area contributed by atoms with Crippen LogP contribution in [0.3, 0.4) is 0 Å². The zero-order chi connectivity index (χ0) is 14.9. The van der Waals surface area contributed by atoms with E-state index in [4.69, 9.17) is 5.73 Å². The summed E-state index contributed by atoms with van der Waals surface area (Å²) in [5.74, 6) is -0.213. The van der Waals surface area contributed by atoms with Gasteiger partial charge >= 0.3 is 0 Å². The molecule has 2 unspecified atom stereocenters.